The van der Waals surface area contributed by atoms with Crippen LogP contribution in [0.4, 0.5) is 11.4 Å². The van der Waals surface area contributed by atoms with Gasteiger partial charge >= 0.3 is 0 Å². The number of hydrogen-bond donors (Lipinski definition) is 1. The number of carbonyl (C=O) groups excluding carboxylic acids is 2. The topological polar surface area (TPSA) is 49.4 Å². The van der Waals surface area contributed by atoms with E-state index in [2.05, 4.69) is 23.5 Å². The highest BCUT2D eigenvalue weighted by atomic mass is 32.2. The summed E-state index contributed by atoms with van der Waals surface area (Å²) in [4.78, 5) is 26.8. The van der Waals surface area contributed by atoms with Gasteiger partial charge in [-0.25, -0.2) is 0 Å². The summed E-state index contributed by atoms with van der Waals surface area (Å²) in [6.45, 7) is 9.75. The van der Waals surface area contributed by atoms with Gasteiger partial charge in [-0.1, -0.05) is 39.0 Å². The summed E-state index contributed by atoms with van der Waals surface area (Å²) >= 11 is 1.62. The molecule has 0 saturated carbocycles. The van der Waals surface area contributed by atoms with E-state index in [1.54, 1.807) is 11.8 Å². The average Bonchev–Trinajstić information content (AvgIpc) is 2.95. The fourth-order valence-corrected chi connectivity index (χ4v) is 4.30. The third-order valence-corrected chi connectivity index (χ3v) is 5.68. The summed E-state index contributed by atoms with van der Waals surface area (Å²) in [5.74, 6) is 0.538. The predicted molar refractivity (Wildman–Crippen MR) is 113 cm³/mol. The standard InChI is InChI=1S/C22H26N2O2S/c1-14-9-15(2)11-18(10-14)24-19(25)13-27-20(24)16-7-6-8-17(12-16)23-21(26)22(3,4)5/h6-12,20H,13H2,1-5H3,(H,23,26)/t20-/m0/s1. The molecule has 2 amide bonds. The molecule has 2 aromatic carbocycles. The second-order valence-corrected chi connectivity index (χ2v) is 9.17. The lowest BCUT2D eigenvalue weighted by Crippen LogP contribution is -2.29. The summed E-state index contributed by atoms with van der Waals surface area (Å²) < 4.78 is 0. The first kappa shape index (κ1) is 19.5. The molecule has 0 aliphatic carbocycles. The lowest BCUT2D eigenvalue weighted by molar-refractivity contribution is -0.123. The number of anilines is 2. The summed E-state index contributed by atoms with van der Waals surface area (Å²) in [7, 11) is 0. The highest BCUT2D eigenvalue weighted by molar-refractivity contribution is 8.00. The van der Waals surface area contributed by atoms with Crippen molar-refractivity contribution in [1.29, 1.82) is 0 Å². The zero-order chi connectivity index (χ0) is 19.8. The van der Waals surface area contributed by atoms with E-state index in [1.165, 1.54) is 0 Å². The Morgan fingerprint density at radius 2 is 1.78 bits per heavy atom. The highest BCUT2D eigenvalue weighted by Crippen LogP contribution is 2.42. The number of thioether (sulfide) groups is 1. The van der Waals surface area contributed by atoms with Crippen molar-refractivity contribution in [2.75, 3.05) is 16.0 Å². The van der Waals surface area contributed by atoms with Crippen molar-refractivity contribution in [3.8, 4) is 0 Å². The molecule has 1 atom stereocenters. The Kier molecular flexibility index (Phi) is 5.33. The third-order valence-electron chi connectivity index (χ3n) is 4.46. The Balaban J connectivity index is 1.92. The molecule has 3 rings (SSSR count). The van der Waals surface area contributed by atoms with Gasteiger partial charge in [-0.05, 0) is 54.8 Å². The molecule has 2 aromatic rings. The van der Waals surface area contributed by atoms with Crippen molar-refractivity contribution in [2.45, 2.75) is 40.0 Å². The highest BCUT2D eigenvalue weighted by Gasteiger charge is 2.34. The van der Waals surface area contributed by atoms with E-state index < -0.39 is 5.41 Å². The van der Waals surface area contributed by atoms with E-state index in [4.69, 9.17) is 0 Å². The van der Waals surface area contributed by atoms with Crippen LogP contribution in [0.1, 0.15) is 42.8 Å². The monoisotopic (exact) mass is 382 g/mol. The zero-order valence-corrected chi connectivity index (χ0v) is 17.3. The molecule has 0 radical (unpaired) electrons. The van der Waals surface area contributed by atoms with Crippen molar-refractivity contribution < 1.29 is 9.59 Å². The molecule has 0 aromatic heterocycles. The summed E-state index contributed by atoms with van der Waals surface area (Å²) in [6, 6.07) is 14.0. The number of benzene rings is 2. The van der Waals surface area contributed by atoms with Crippen LogP contribution in [-0.4, -0.2) is 17.6 Å². The van der Waals surface area contributed by atoms with Crippen LogP contribution in [0.15, 0.2) is 42.5 Å². The van der Waals surface area contributed by atoms with Gasteiger partial charge in [-0.3, -0.25) is 14.5 Å². The molecule has 142 valence electrons. The van der Waals surface area contributed by atoms with Gasteiger partial charge in [0.05, 0.1) is 5.75 Å². The van der Waals surface area contributed by atoms with Crippen LogP contribution >= 0.6 is 11.8 Å². The molecule has 5 heteroatoms. The molecule has 1 saturated heterocycles. The van der Waals surface area contributed by atoms with Crippen LogP contribution in [0.3, 0.4) is 0 Å². The minimum absolute atomic E-state index is 0.0269. The first-order chi connectivity index (χ1) is 12.6. The van der Waals surface area contributed by atoms with Gasteiger partial charge < -0.3 is 5.32 Å². The van der Waals surface area contributed by atoms with E-state index in [0.717, 1.165) is 28.1 Å². The Labute approximate surface area is 165 Å². The van der Waals surface area contributed by atoms with Gasteiger partial charge in [-0.2, -0.15) is 0 Å². The Morgan fingerprint density at radius 1 is 1.11 bits per heavy atom. The molecule has 1 heterocycles. The van der Waals surface area contributed by atoms with Crippen molar-refractivity contribution in [3.05, 3.63) is 59.2 Å². The molecular formula is C22H26N2O2S. The molecule has 1 aliphatic rings. The number of carbonyl (C=O) groups is 2. The molecule has 4 nitrogen and oxygen atoms in total. The van der Waals surface area contributed by atoms with E-state index in [1.807, 2.05) is 63.8 Å². The first-order valence-corrected chi connectivity index (χ1v) is 10.1. The Bertz CT molecular complexity index is 866. The van der Waals surface area contributed by atoms with Crippen molar-refractivity contribution in [2.24, 2.45) is 5.41 Å². The third kappa shape index (κ3) is 4.35. The second-order valence-electron chi connectivity index (χ2n) is 8.10. The number of nitrogens with one attached hydrogen (secondary N) is 1. The van der Waals surface area contributed by atoms with Crippen LogP contribution < -0.4 is 10.2 Å². The largest absolute Gasteiger partial charge is 0.326 e. The number of amides is 2. The Hall–Kier alpha value is -2.27. The maximum Gasteiger partial charge on any atom is 0.238 e. The van der Waals surface area contributed by atoms with E-state index >= 15 is 0 Å². The normalized spacial score (nSPS) is 17.3. The minimum atomic E-state index is -0.459. The van der Waals surface area contributed by atoms with Crippen LogP contribution in [0, 0.1) is 19.3 Å². The SMILES string of the molecule is Cc1cc(C)cc(N2C(=O)CS[C@H]2c2cccc(NC(=O)C(C)(C)C)c2)c1. The lowest BCUT2D eigenvalue weighted by atomic mass is 9.95. The smallest absolute Gasteiger partial charge is 0.238 e. The lowest BCUT2D eigenvalue weighted by Gasteiger charge is -2.26. The van der Waals surface area contributed by atoms with Crippen LogP contribution in [0.25, 0.3) is 0 Å². The molecule has 1 aliphatic heterocycles. The molecule has 1 N–H and O–H groups in total. The molecule has 27 heavy (non-hydrogen) atoms. The fourth-order valence-electron chi connectivity index (χ4n) is 3.13. The molecule has 0 unspecified atom stereocenters. The fraction of sp³-hybridized carbons (Fsp3) is 0.364. The predicted octanol–water partition coefficient (Wildman–Crippen LogP) is 5.07. The molecule has 1 fully saturated rings. The van der Waals surface area contributed by atoms with Gasteiger partial charge in [0.25, 0.3) is 0 Å². The van der Waals surface area contributed by atoms with E-state index in [-0.39, 0.29) is 17.2 Å². The molecule has 0 spiro atoms. The summed E-state index contributed by atoms with van der Waals surface area (Å²) in [6.07, 6.45) is 0. The van der Waals surface area contributed by atoms with Crippen LogP contribution in [0.2, 0.25) is 0 Å². The minimum Gasteiger partial charge on any atom is -0.326 e. The maximum absolute atomic E-state index is 12.6. The number of rotatable bonds is 3. The van der Waals surface area contributed by atoms with Crippen LogP contribution in [-0.2, 0) is 9.59 Å². The Morgan fingerprint density at radius 3 is 2.41 bits per heavy atom. The van der Waals surface area contributed by atoms with Gasteiger partial charge in [-0.15, -0.1) is 11.8 Å². The van der Waals surface area contributed by atoms with E-state index in [0.29, 0.717) is 5.75 Å². The number of hydrogen-bond acceptors (Lipinski definition) is 3. The second kappa shape index (κ2) is 7.39. The van der Waals surface area contributed by atoms with Crippen molar-refractivity contribution in [1.82, 2.24) is 0 Å². The summed E-state index contributed by atoms with van der Waals surface area (Å²) in [5, 5.41) is 2.89. The number of aryl methyl sites for hydroxylation is 2. The summed E-state index contributed by atoms with van der Waals surface area (Å²) in [5.41, 5.74) is 4.51. The zero-order valence-electron chi connectivity index (χ0n) is 16.5. The van der Waals surface area contributed by atoms with Crippen molar-refractivity contribution >= 4 is 35.0 Å². The van der Waals surface area contributed by atoms with Crippen LogP contribution in [0.5, 0.6) is 0 Å². The quantitative estimate of drug-likeness (QED) is 0.806. The van der Waals surface area contributed by atoms with Gasteiger partial charge in [0.15, 0.2) is 0 Å². The average molecular weight is 383 g/mol. The van der Waals surface area contributed by atoms with Gasteiger partial charge in [0.2, 0.25) is 11.8 Å². The van der Waals surface area contributed by atoms with Gasteiger partial charge in [0.1, 0.15) is 5.37 Å². The maximum atomic E-state index is 12.6. The molecule has 0 bridgehead atoms. The first-order valence-electron chi connectivity index (χ1n) is 9.08. The molecular weight excluding hydrogens is 356 g/mol. The van der Waals surface area contributed by atoms with Crippen molar-refractivity contribution in [3.63, 3.8) is 0 Å². The van der Waals surface area contributed by atoms with E-state index in [9.17, 15) is 9.59 Å². The van der Waals surface area contributed by atoms with Gasteiger partial charge in [0, 0.05) is 16.8 Å². The number of nitrogens with zero attached hydrogens (tertiary/aromatic N) is 1.